The third kappa shape index (κ3) is 4.79. The molecular formula is C22H21FN2O6S2. The average Bonchev–Trinajstić information content (AvgIpc) is 3.53. The Morgan fingerprint density at radius 1 is 1.18 bits per heavy atom. The minimum Gasteiger partial charge on any atom is -0.455 e. The number of carbonyl (C=O) groups is 1. The number of carbonyl (C=O) groups excluding carboxylic acids is 1. The molecule has 0 bridgehead atoms. The molecule has 1 fully saturated rings. The minimum atomic E-state index is -4.25. The lowest BCUT2D eigenvalue weighted by molar-refractivity contribution is 0.0964. The second kappa shape index (κ2) is 8.31. The maximum atomic E-state index is 13.4. The van der Waals surface area contributed by atoms with Crippen molar-refractivity contribution in [3.05, 3.63) is 65.3 Å². The number of nitrogens with one attached hydrogen (secondary N) is 2. The van der Waals surface area contributed by atoms with E-state index in [2.05, 4.69) is 16.6 Å². The Bertz CT molecular complexity index is 1470. The normalized spacial score (nSPS) is 14.2. The van der Waals surface area contributed by atoms with E-state index in [-0.39, 0.29) is 28.5 Å². The van der Waals surface area contributed by atoms with Crippen LogP contribution in [0.1, 0.15) is 34.7 Å². The summed E-state index contributed by atoms with van der Waals surface area (Å²) < 4.78 is 70.2. The van der Waals surface area contributed by atoms with Crippen LogP contribution >= 0.6 is 0 Å². The topological polar surface area (TPSA) is 123 Å². The van der Waals surface area contributed by atoms with Crippen molar-refractivity contribution in [1.29, 1.82) is 0 Å². The Hall–Kier alpha value is -3.18. The first-order valence-electron chi connectivity index (χ1n) is 9.97. The van der Waals surface area contributed by atoms with Crippen LogP contribution in [0.2, 0.25) is 0 Å². The lowest BCUT2D eigenvalue weighted by atomic mass is 10.0. The van der Waals surface area contributed by atoms with Gasteiger partial charge in [0, 0.05) is 29.5 Å². The van der Waals surface area contributed by atoms with Crippen LogP contribution in [0.4, 0.5) is 10.1 Å². The fourth-order valence-corrected chi connectivity index (χ4v) is 6.46. The summed E-state index contributed by atoms with van der Waals surface area (Å²) in [6.45, 7) is 3.13. The first kappa shape index (κ1) is 23.0. The molecule has 1 amide bonds. The molecule has 1 heterocycles. The molecule has 4 rings (SSSR count). The number of fused-ring (bicyclic) bond motifs is 1. The Morgan fingerprint density at radius 3 is 2.42 bits per heavy atom. The fraction of sp³-hybridized carbons (Fsp3) is 0.227. The summed E-state index contributed by atoms with van der Waals surface area (Å²) in [7, 11) is -6.79. The van der Waals surface area contributed by atoms with Crippen LogP contribution < -0.4 is 10.0 Å². The van der Waals surface area contributed by atoms with E-state index < -0.39 is 36.7 Å². The molecule has 2 aromatic carbocycles. The molecule has 11 heteroatoms. The predicted molar refractivity (Wildman–Crippen MR) is 123 cm³/mol. The number of sulfonamides is 1. The van der Waals surface area contributed by atoms with Gasteiger partial charge in [0.2, 0.25) is 10.0 Å². The van der Waals surface area contributed by atoms with Gasteiger partial charge in [-0.3, -0.25) is 9.52 Å². The molecule has 1 aromatic heterocycles. The van der Waals surface area contributed by atoms with E-state index in [0.29, 0.717) is 21.9 Å². The Kier molecular flexibility index (Phi) is 5.79. The van der Waals surface area contributed by atoms with Gasteiger partial charge in [-0.25, -0.2) is 21.2 Å². The maximum absolute atomic E-state index is 13.4. The highest BCUT2D eigenvalue weighted by Crippen LogP contribution is 2.46. The Balaban J connectivity index is 1.88. The molecule has 0 atom stereocenters. The molecule has 8 nitrogen and oxygen atoms in total. The van der Waals surface area contributed by atoms with Crippen molar-refractivity contribution in [3.63, 3.8) is 0 Å². The molecule has 0 aliphatic heterocycles. The molecule has 3 aromatic rings. The number of halogens is 1. The number of hydrogen-bond acceptors (Lipinski definition) is 6. The third-order valence-electron chi connectivity index (χ3n) is 5.28. The van der Waals surface area contributed by atoms with Crippen molar-refractivity contribution in [2.24, 2.45) is 0 Å². The van der Waals surface area contributed by atoms with Gasteiger partial charge in [0.15, 0.2) is 14.9 Å². The smallest absolute Gasteiger partial charge is 0.255 e. The van der Waals surface area contributed by atoms with Gasteiger partial charge >= 0.3 is 0 Å². The highest BCUT2D eigenvalue weighted by molar-refractivity contribution is 8.09. The maximum Gasteiger partial charge on any atom is 0.255 e. The molecule has 0 unspecified atom stereocenters. The number of sulfone groups is 1. The molecule has 0 spiro atoms. The second-order valence-electron chi connectivity index (χ2n) is 7.77. The first-order chi connectivity index (χ1) is 15.5. The van der Waals surface area contributed by atoms with E-state index in [4.69, 9.17) is 4.42 Å². The summed E-state index contributed by atoms with van der Waals surface area (Å²) in [4.78, 5) is 12.7. The summed E-state index contributed by atoms with van der Waals surface area (Å²) in [5.74, 6) is -0.594. The SMILES string of the molecule is C=CS(=O)(=O)CS(=O)(=O)Nc1cc2oc(-c3ccc(F)cc3)c(C(=O)NC)c2cc1C1CC1. The van der Waals surface area contributed by atoms with Gasteiger partial charge in [-0.1, -0.05) is 6.58 Å². The predicted octanol–water partition coefficient (Wildman–Crippen LogP) is 3.73. The molecule has 174 valence electrons. The standard InChI is InChI=1S/C22H21FN2O6S2/c1-3-32(27,28)12-33(29,30)25-18-11-19-17(10-16(18)13-4-5-13)20(22(26)24-2)21(31-19)14-6-8-15(23)9-7-14/h3,6-11,13,25H,1,4-5,12H2,2H3,(H,24,26). The van der Waals surface area contributed by atoms with Gasteiger partial charge in [-0.15, -0.1) is 0 Å². The van der Waals surface area contributed by atoms with Crippen molar-refractivity contribution in [3.8, 4) is 11.3 Å². The van der Waals surface area contributed by atoms with Crippen molar-refractivity contribution in [2.75, 3.05) is 16.9 Å². The van der Waals surface area contributed by atoms with Crippen LogP contribution in [0.5, 0.6) is 0 Å². The van der Waals surface area contributed by atoms with Crippen molar-refractivity contribution in [2.45, 2.75) is 18.8 Å². The zero-order valence-corrected chi connectivity index (χ0v) is 19.2. The number of furan rings is 1. The molecule has 33 heavy (non-hydrogen) atoms. The van der Waals surface area contributed by atoms with Gasteiger partial charge in [-0.2, -0.15) is 0 Å². The average molecular weight is 493 g/mol. The van der Waals surface area contributed by atoms with Crippen LogP contribution in [0.3, 0.4) is 0 Å². The van der Waals surface area contributed by atoms with Gasteiger partial charge < -0.3 is 9.73 Å². The minimum absolute atomic E-state index is 0.0600. The number of anilines is 1. The number of amides is 1. The van der Waals surface area contributed by atoms with E-state index in [1.165, 1.54) is 37.4 Å². The van der Waals surface area contributed by atoms with Crippen LogP contribution in [0.25, 0.3) is 22.3 Å². The van der Waals surface area contributed by atoms with Crippen LogP contribution in [0, 0.1) is 5.82 Å². The zero-order chi connectivity index (χ0) is 24.0. The molecule has 1 aliphatic carbocycles. The first-order valence-corrected chi connectivity index (χ1v) is 13.3. The van der Waals surface area contributed by atoms with Gasteiger partial charge in [0.05, 0.1) is 11.3 Å². The number of rotatable bonds is 8. The highest BCUT2D eigenvalue weighted by Gasteiger charge is 2.31. The van der Waals surface area contributed by atoms with Gasteiger partial charge in [0.1, 0.15) is 17.2 Å². The van der Waals surface area contributed by atoms with E-state index in [0.717, 1.165) is 12.8 Å². The summed E-state index contributed by atoms with van der Waals surface area (Å²) in [5, 5.41) is 2.49. The molecule has 1 aliphatic rings. The largest absolute Gasteiger partial charge is 0.455 e. The molecular weight excluding hydrogens is 471 g/mol. The van der Waals surface area contributed by atoms with Crippen molar-refractivity contribution >= 4 is 42.4 Å². The Labute approximate surface area is 190 Å². The van der Waals surface area contributed by atoms with Crippen LogP contribution in [-0.2, 0) is 19.9 Å². The molecule has 0 saturated heterocycles. The van der Waals surface area contributed by atoms with Gasteiger partial charge in [0.25, 0.3) is 5.91 Å². The number of hydrogen-bond donors (Lipinski definition) is 2. The summed E-state index contributed by atoms with van der Waals surface area (Å²) in [6.07, 6.45) is 1.65. The monoisotopic (exact) mass is 492 g/mol. The third-order valence-corrected chi connectivity index (χ3v) is 8.87. The lowest BCUT2D eigenvalue weighted by Crippen LogP contribution is -2.22. The summed E-state index contributed by atoms with van der Waals surface area (Å²) >= 11 is 0. The van der Waals surface area contributed by atoms with E-state index in [9.17, 15) is 26.0 Å². The summed E-state index contributed by atoms with van der Waals surface area (Å²) in [6, 6.07) is 8.57. The molecule has 0 radical (unpaired) electrons. The van der Waals surface area contributed by atoms with Crippen LogP contribution in [-0.4, -0.2) is 34.9 Å². The van der Waals surface area contributed by atoms with E-state index in [1.54, 1.807) is 6.07 Å². The second-order valence-corrected chi connectivity index (χ2v) is 11.8. The summed E-state index contributed by atoms with van der Waals surface area (Å²) in [5.41, 5.74) is 1.76. The van der Waals surface area contributed by atoms with Gasteiger partial charge in [-0.05, 0) is 54.7 Å². The number of benzene rings is 2. The van der Waals surface area contributed by atoms with E-state index in [1.807, 2.05) is 0 Å². The lowest BCUT2D eigenvalue weighted by Gasteiger charge is -2.12. The zero-order valence-electron chi connectivity index (χ0n) is 17.6. The molecule has 2 N–H and O–H groups in total. The quantitative estimate of drug-likeness (QED) is 0.494. The highest BCUT2D eigenvalue weighted by atomic mass is 32.3. The molecule has 1 saturated carbocycles. The fourth-order valence-electron chi connectivity index (χ4n) is 3.60. The van der Waals surface area contributed by atoms with Crippen molar-refractivity contribution < 1.29 is 30.4 Å². The van der Waals surface area contributed by atoms with Crippen molar-refractivity contribution in [1.82, 2.24) is 5.32 Å². The van der Waals surface area contributed by atoms with Crippen LogP contribution in [0.15, 0.2) is 52.8 Å². The Morgan fingerprint density at radius 2 is 1.85 bits per heavy atom. The van der Waals surface area contributed by atoms with E-state index >= 15 is 0 Å².